The molecule has 1 aromatic carbocycles. The molecule has 1 heterocycles. The highest BCUT2D eigenvalue weighted by molar-refractivity contribution is 6.32. The maximum absolute atomic E-state index is 11.1. The molecule has 1 aromatic heterocycles. The summed E-state index contributed by atoms with van der Waals surface area (Å²) in [5, 5.41) is 10.3. The Bertz CT molecular complexity index is 593. The van der Waals surface area contributed by atoms with Crippen LogP contribution in [0.1, 0.15) is 21.6 Å². The molecule has 0 fully saturated rings. The van der Waals surface area contributed by atoms with Crippen LogP contribution in [-0.2, 0) is 0 Å². The molecule has 0 amide bonds. The number of rotatable bonds is 1. The van der Waals surface area contributed by atoms with Crippen molar-refractivity contribution in [3.63, 3.8) is 0 Å². The molecule has 2 aromatic rings. The highest BCUT2D eigenvalue weighted by atomic mass is 35.5. The Balaban J connectivity index is 2.95. The normalized spacial score (nSPS) is 10.7. The van der Waals surface area contributed by atoms with Gasteiger partial charge in [-0.15, -0.1) is 0 Å². The molecule has 0 aliphatic rings. The summed E-state index contributed by atoms with van der Waals surface area (Å²) in [6.45, 7) is 3.76. The molecule has 0 saturated heterocycles. The van der Waals surface area contributed by atoms with Crippen LogP contribution in [0.15, 0.2) is 18.2 Å². The molecular weight excluding hydrogens is 226 g/mol. The molecule has 0 bridgehead atoms. The third kappa shape index (κ3) is 1.74. The van der Waals surface area contributed by atoms with Crippen LogP contribution in [0.25, 0.3) is 10.9 Å². The summed E-state index contributed by atoms with van der Waals surface area (Å²) >= 11 is 5.89. The lowest BCUT2D eigenvalue weighted by Crippen LogP contribution is -2.00. The summed E-state index contributed by atoms with van der Waals surface area (Å²) in [4.78, 5) is 15.4. The third-order valence-electron chi connectivity index (χ3n) is 2.44. The van der Waals surface area contributed by atoms with E-state index in [1.54, 1.807) is 6.07 Å². The van der Waals surface area contributed by atoms with E-state index in [0.717, 1.165) is 16.6 Å². The number of carbonyl (C=O) groups is 1. The first-order chi connectivity index (χ1) is 7.49. The summed E-state index contributed by atoms with van der Waals surface area (Å²) in [6.07, 6.45) is 0. The van der Waals surface area contributed by atoms with Gasteiger partial charge in [0.05, 0.1) is 11.1 Å². The van der Waals surface area contributed by atoms with Crippen molar-refractivity contribution >= 4 is 28.5 Å². The SMILES string of the molecule is Cc1cc(C)c2cc(Cl)cc(C(=O)O)c2n1. The number of hydrogen-bond acceptors (Lipinski definition) is 2. The Hall–Kier alpha value is -1.61. The van der Waals surface area contributed by atoms with Gasteiger partial charge in [0.15, 0.2) is 0 Å². The summed E-state index contributed by atoms with van der Waals surface area (Å²) in [7, 11) is 0. The smallest absolute Gasteiger partial charge is 0.337 e. The zero-order valence-corrected chi connectivity index (χ0v) is 9.67. The van der Waals surface area contributed by atoms with Crippen LogP contribution in [0.2, 0.25) is 5.02 Å². The number of hydrogen-bond donors (Lipinski definition) is 1. The minimum Gasteiger partial charge on any atom is -0.478 e. The highest BCUT2D eigenvalue weighted by Gasteiger charge is 2.13. The maximum Gasteiger partial charge on any atom is 0.337 e. The minimum absolute atomic E-state index is 0.148. The van der Waals surface area contributed by atoms with E-state index in [1.165, 1.54) is 6.07 Å². The van der Waals surface area contributed by atoms with Crippen LogP contribution in [0.5, 0.6) is 0 Å². The van der Waals surface area contributed by atoms with E-state index in [4.69, 9.17) is 16.7 Å². The molecule has 0 atom stereocenters. The van der Waals surface area contributed by atoms with Crippen LogP contribution in [0, 0.1) is 13.8 Å². The summed E-state index contributed by atoms with van der Waals surface area (Å²) in [5.41, 5.74) is 2.42. The molecule has 0 spiro atoms. The van der Waals surface area contributed by atoms with Crippen molar-refractivity contribution in [2.24, 2.45) is 0 Å². The number of fused-ring (bicyclic) bond motifs is 1. The third-order valence-corrected chi connectivity index (χ3v) is 2.66. The molecule has 16 heavy (non-hydrogen) atoms. The first kappa shape index (κ1) is 10.9. The first-order valence-electron chi connectivity index (χ1n) is 4.80. The molecule has 4 heteroatoms. The van der Waals surface area contributed by atoms with Gasteiger partial charge in [0.25, 0.3) is 0 Å². The monoisotopic (exact) mass is 235 g/mol. The molecule has 0 radical (unpaired) electrons. The number of aromatic nitrogens is 1. The summed E-state index contributed by atoms with van der Waals surface area (Å²) in [5.74, 6) is -1.01. The van der Waals surface area contributed by atoms with Gasteiger partial charge in [0.2, 0.25) is 0 Å². The van der Waals surface area contributed by atoms with Crippen molar-refractivity contribution in [2.45, 2.75) is 13.8 Å². The lowest BCUT2D eigenvalue weighted by molar-refractivity contribution is 0.0699. The van der Waals surface area contributed by atoms with E-state index in [2.05, 4.69) is 4.98 Å². The summed E-state index contributed by atoms with van der Waals surface area (Å²) in [6, 6.07) is 5.08. The van der Waals surface area contributed by atoms with Gasteiger partial charge in [-0.2, -0.15) is 0 Å². The molecule has 1 N–H and O–H groups in total. The van der Waals surface area contributed by atoms with Crippen molar-refractivity contribution in [1.29, 1.82) is 0 Å². The first-order valence-corrected chi connectivity index (χ1v) is 5.17. The topological polar surface area (TPSA) is 50.2 Å². The fraction of sp³-hybridized carbons (Fsp3) is 0.167. The molecule has 0 aliphatic carbocycles. The van der Waals surface area contributed by atoms with Gasteiger partial charge in [0, 0.05) is 16.1 Å². The Morgan fingerprint density at radius 1 is 1.31 bits per heavy atom. The van der Waals surface area contributed by atoms with Crippen LogP contribution < -0.4 is 0 Å². The van der Waals surface area contributed by atoms with Gasteiger partial charge in [-0.25, -0.2) is 4.79 Å². The lowest BCUT2D eigenvalue weighted by Gasteiger charge is -2.07. The fourth-order valence-corrected chi connectivity index (χ4v) is 2.00. The number of benzene rings is 1. The molecule has 0 saturated carbocycles. The van der Waals surface area contributed by atoms with Crippen molar-refractivity contribution in [2.75, 3.05) is 0 Å². The molecule has 0 aliphatic heterocycles. The van der Waals surface area contributed by atoms with Crippen molar-refractivity contribution in [3.8, 4) is 0 Å². The number of aromatic carboxylic acids is 1. The lowest BCUT2D eigenvalue weighted by atomic mass is 10.0. The standard InChI is InChI=1S/C12H10ClNO2/c1-6-3-7(2)14-11-9(6)4-8(13)5-10(11)12(15)16/h3-5H,1-2H3,(H,15,16). The molecule has 2 rings (SSSR count). The zero-order chi connectivity index (χ0) is 11.9. The maximum atomic E-state index is 11.1. The zero-order valence-electron chi connectivity index (χ0n) is 8.91. The number of nitrogens with zero attached hydrogens (tertiary/aromatic N) is 1. The minimum atomic E-state index is -1.01. The Morgan fingerprint density at radius 3 is 2.62 bits per heavy atom. The Labute approximate surface area is 97.7 Å². The number of carboxylic acid groups (broad SMARTS) is 1. The van der Waals surface area contributed by atoms with Crippen molar-refractivity contribution in [1.82, 2.24) is 4.98 Å². The van der Waals surface area contributed by atoms with Gasteiger partial charge in [-0.1, -0.05) is 11.6 Å². The van der Waals surface area contributed by atoms with Gasteiger partial charge < -0.3 is 5.11 Å². The fourth-order valence-electron chi connectivity index (χ4n) is 1.78. The van der Waals surface area contributed by atoms with Crippen LogP contribution in [0.4, 0.5) is 0 Å². The van der Waals surface area contributed by atoms with Crippen molar-refractivity contribution in [3.05, 3.63) is 40.0 Å². The average molecular weight is 236 g/mol. The Morgan fingerprint density at radius 2 is 2.00 bits per heavy atom. The van der Waals surface area contributed by atoms with Crippen LogP contribution >= 0.6 is 11.6 Å². The van der Waals surface area contributed by atoms with E-state index < -0.39 is 5.97 Å². The predicted molar refractivity (Wildman–Crippen MR) is 63.2 cm³/mol. The highest BCUT2D eigenvalue weighted by Crippen LogP contribution is 2.25. The number of aryl methyl sites for hydroxylation is 2. The van der Waals surface area contributed by atoms with Gasteiger partial charge in [-0.05, 0) is 37.6 Å². The van der Waals surface area contributed by atoms with E-state index in [1.807, 2.05) is 19.9 Å². The molecule has 0 unspecified atom stereocenters. The second kappa shape index (κ2) is 3.76. The largest absolute Gasteiger partial charge is 0.478 e. The predicted octanol–water partition coefficient (Wildman–Crippen LogP) is 3.20. The molecule has 82 valence electrons. The van der Waals surface area contributed by atoms with Gasteiger partial charge in [0.1, 0.15) is 0 Å². The summed E-state index contributed by atoms with van der Waals surface area (Å²) < 4.78 is 0. The number of halogens is 1. The van der Waals surface area contributed by atoms with Crippen LogP contribution in [0.3, 0.4) is 0 Å². The van der Waals surface area contributed by atoms with E-state index in [9.17, 15) is 4.79 Å². The van der Waals surface area contributed by atoms with Gasteiger partial charge >= 0.3 is 5.97 Å². The number of carboxylic acids is 1. The quantitative estimate of drug-likeness (QED) is 0.826. The molecular formula is C12H10ClNO2. The van der Waals surface area contributed by atoms with Gasteiger partial charge in [-0.3, -0.25) is 4.98 Å². The van der Waals surface area contributed by atoms with E-state index in [-0.39, 0.29) is 5.56 Å². The van der Waals surface area contributed by atoms with E-state index >= 15 is 0 Å². The number of pyridine rings is 1. The van der Waals surface area contributed by atoms with E-state index in [0.29, 0.717) is 10.5 Å². The average Bonchev–Trinajstić information content (AvgIpc) is 2.18. The second-order valence-electron chi connectivity index (χ2n) is 3.74. The van der Waals surface area contributed by atoms with Crippen molar-refractivity contribution < 1.29 is 9.90 Å². The van der Waals surface area contributed by atoms with Crippen LogP contribution in [-0.4, -0.2) is 16.1 Å². The Kier molecular flexibility index (Phi) is 2.56. The molecule has 3 nitrogen and oxygen atoms in total. The second-order valence-corrected chi connectivity index (χ2v) is 4.17.